The number of hydrogen-bond donors (Lipinski definition) is 3. The van der Waals surface area contributed by atoms with Gasteiger partial charge in [-0.1, -0.05) is 36.4 Å². The van der Waals surface area contributed by atoms with Crippen LogP contribution >= 0.6 is 0 Å². The molecule has 4 heteroatoms. The minimum atomic E-state index is 0.749. The molecule has 0 aliphatic heterocycles. The lowest BCUT2D eigenvalue weighted by Crippen LogP contribution is -2.09. The van der Waals surface area contributed by atoms with Gasteiger partial charge in [-0.15, -0.1) is 0 Å². The molecule has 0 spiro atoms. The maximum absolute atomic E-state index is 5.79. The average molecular weight is 368 g/mol. The summed E-state index contributed by atoms with van der Waals surface area (Å²) in [6, 6.07) is 35.6. The fourth-order valence-electron chi connectivity index (χ4n) is 2.72. The van der Waals surface area contributed by atoms with Crippen molar-refractivity contribution in [3.63, 3.8) is 0 Å². The van der Waals surface area contributed by atoms with Gasteiger partial charge in [0.05, 0.1) is 0 Å². The molecule has 0 radical (unpaired) electrons. The Morgan fingerprint density at radius 1 is 0.357 bits per heavy atom. The van der Waals surface area contributed by atoms with Gasteiger partial charge in [-0.05, 0) is 72.8 Å². The summed E-state index contributed by atoms with van der Waals surface area (Å²) in [4.78, 5) is 2.21. The van der Waals surface area contributed by atoms with Crippen molar-refractivity contribution in [3.05, 3.63) is 109 Å². The van der Waals surface area contributed by atoms with E-state index in [1.807, 2.05) is 60.7 Å². The largest absolute Gasteiger partial charge is 0.399 e. The normalized spacial score (nSPS) is 9.86. The Bertz CT molecular complexity index is 906. The Morgan fingerprint density at radius 2 is 0.643 bits per heavy atom. The fraction of sp³-hybridized carbons (Fsp3) is 0. The van der Waals surface area contributed by atoms with Crippen LogP contribution in [0.25, 0.3) is 0 Å². The highest BCUT2D eigenvalue weighted by Crippen LogP contribution is 2.34. The van der Waals surface area contributed by atoms with Crippen LogP contribution in [-0.2, 0) is 0 Å². The molecule has 140 valence electrons. The summed E-state index contributed by atoms with van der Waals surface area (Å²) in [5, 5.41) is 0. The number of nitrogen functional groups attached to an aromatic ring is 3. The number of para-hydroxylation sites is 2. The smallest absolute Gasteiger partial charge is 0.0463 e. The Kier molecular flexibility index (Phi) is 6.16. The zero-order valence-corrected chi connectivity index (χ0v) is 15.6. The van der Waals surface area contributed by atoms with Gasteiger partial charge >= 0.3 is 0 Å². The molecule has 0 saturated carbocycles. The molecule has 0 atom stereocenters. The molecule has 4 aromatic rings. The number of nitrogens with two attached hydrogens (primary N) is 3. The number of nitrogens with zero attached hydrogens (tertiary/aromatic N) is 1. The summed E-state index contributed by atoms with van der Waals surface area (Å²) in [5.74, 6) is 0. The molecule has 0 aromatic heterocycles. The summed E-state index contributed by atoms with van der Waals surface area (Å²) in [7, 11) is 0. The van der Waals surface area contributed by atoms with Gasteiger partial charge in [0, 0.05) is 34.1 Å². The number of benzene rings is 4. The van der Waals surface area contributed by atoms with Crippen LogP contribution in [0.2, 0.25) is 0 Å². The van der Waals surface area contributed by atoms with Crippen LogP contribution in [0.4, 0.5) is 34.1 Å². The van der Waals surface area contributed by atoms with Gasteiger partial charge < -0.3 is 22.1 Å². The van der Waals surface area contributed by atoms with Crippen molar-refractivity contribution in [1.82, 2.24) is 0 Å². The van der Waals surface area contributed by atoms with Gasteiger partial charge in [0.15, 0.2) is 0 Å². The Balaban J connectivity index is 0.000000236. The predicted octanol–water partition coefficient (Wildman–Crippen LogP) is 5.59. The highest BCUT2D eigenvalue weighted by molar-refractivity contribution is 5.76. The van der Waals surface area contributed by atoms with Crippen LogP contribution in [0.5, 0.6) is 0 Å². The topological polar surface area (TPSA) is 81.3 Å². The first-order valence-electron chi connectivity index (χ1n) is 9.00. The quantitative estimate of drug-likeness (QED) is 0.412. The molecule has 0 amide bonds. The summed E-state index contributed by atoms with van der Waals surface area (Å²) < 4.78 is 0. The first-order valence-corrected chi connectivity index (χ1v) is 9.00. The van der Waals surface area contributed by atoms with E-state index in [9.17, 15) is 0 Å². The minimum Gasteiger partial charge on any atom is -0.399 e. The van der Waals surface area contributed by atoms with Crippen molar-refractivity contribution < 1.29 is 0 Å². The lowest BCUT2D eigenvalue weighted by molar-refractivity contribution is 1.28. The lowest BCUT2D eigenvalue weighted by Gasteiger charge is -2.25. The van der Waals surface area contributed by atoms with Crippen molar-refractivity contribution in [2.24, 2.45) is 0 Å². The van der Waals surface area contributed by atoms with Gasteiger partial charge in [0.25, 0.3) is 0 Å². The second-order valence-electron chi connectivity index (χ2n) is 6.26. The minimum absolute atomic E-state index is 0.749. The molecule has 0 aliphatic carbocycles. The van der Waals surface area contributed by atoms with Crippen LogP contribution in [0.3, 0.4) is 0 Å². The van der Waals surface area contributed by atoms with Crippen LogP contribution in [0, 0.1) is 0 Å². The zero-order valence-electron chi connectivity index (χ0n) is 15.6. The second-order valence-corrected chi connectivity index (χ2v) is 6.26. The van der Waals surface area contributed by atoms with Gasteiger partial charge in [0.2, 0.25) is 0 Å². The maximum atomic E-state index is 5.79. The molecular weight excluding hydrogens is 344 g/mol. The van der Waals surface area contributed by atoms with E-state index in [2.05, 4.69) is 29.2 Å². The van der Waals surface area contributed by atoms with E-state index >= 15 is 0 Å². The van der Waals surface area contributed by atoms with E-state index < -0.39 is 0 Å². The van der Waals surface area contributed by atoms with Gasteiger partial charge in [0.1, 0.15) is 0 Å². The van der Waals surface area contributed by atoms with Gasteiger partial charge in [-0.3, -0.25) is 0 Å². The van der Waals surface area contributed by atoms with Crippen molar-refractivity contribution in [1.29, 1.82) is 0 Å². The molecule has 4 nitrogen and oxygen atoms in total. The molecule has 0 fully saturated rings. The summed E-state index contributed by atoms with van der Waals surface area (Å²) in [5.41, 5.74) is 22.1. The number of anilines is 6. The zero-order chi connectivity index (χ0) is 19.8. The average Bonchev–Trinajstić information content (AvgIpc) is 2.74. The highest BCUT2D eigenvalue weighted by Gasteiger charge is 2.10. The molecule has 4 aromatic carbocycles. The third-order valence-corrected chi connectivity index (χ3v) is 4.12. The molecule has 0 unspecified atom stereocenters. The third-order valence-electron chi connectivity index (χ3n) is 4.12. The molecule has 0 saturated heterocycles. The lowest BCUT2D eigenvalue weighted by atomic mass is 10.2. The van der Waals surface area contributed by atoms with E-state index in [0.29, 0.717) is 0 Å². The number of hydrogen-bond acceptors (Lipinski definition) is 4. The molecule has 6 N–H and O–H groups in total. The van der Waals surface area contributed by atoms with Gasteiger partial charge in [-0.2, -0.15) is 0 Å². The van der Waals surface area contributed by atoms with E-state index in [1.54, 1.807) is 24.3 Å². The maximum Gasteiger partial charge on any atom is 0.0463 e. The second kappa shape index (κ2) is 9.14. The van der Waals surface area contributed by atoms with Gasteiger partial charge in [-0.25, -0.2) is 0 Å². The van der Waals surface area contributed by atoms with Crippen LogP contribution < -0.4 is 22.1 Å². The Morgan fingerprint density at radius 3 is 1.00 bits per heavy atom. The number of rotatable bonds is 3. The van der Waals surface area contributed by atoms with Crippen molar-refractivity contribution in [2.75, 3.05) is 22.1 Å². The molecule has 0 aliphatic rings. The molecule has 28 heavy (non-hydrogen) atoms. The monoisotopic (exact) mass is 368 g/mol. The fourth-order valence-corrected chi connectivity index (χ4v) is 2.72. The molecular formula is C24H24N4. The highest BCUT2D eigenvalue weighted by atomic mass is 15.1. The Hall–Kier alpha value is -3.92. The van der Waals surface area contributed by atoms with Crippen molar-refractivity contribution >= 4 is 34.1 Å². The van der Waals surface area contributed by atoms with E-state index in [4.69, 9.17) is 17.2 Å². The van der Waals surface area contributed by atoms with Crippen molar-refractivity contribution in [3.8, 4) is 0 Å². The first kappa shape index (κ1) is 18.9. The van der Waals surface area contributed by atoms with E-state index in [1.165, 1.54) is 0 Å². The van der Waals surface area contributed by atoms with E-state index in [0.717, 1.165) is 34.1 Å². The van der Waals surface area contributed by atoms with Crippen LogP contribution in [0.15, 0.2) is 109 Å². The standard InChI is InChI=1S/C18H16N2.C6H8N2/c19-15-11-13-18(14-12-15)20(16-7-3-1-4-8-16)17-9-5-2-6-10-17;7-5-1-2-6(8)4-3-5/h1-14H,19H2;1-4H,7-8H2. The predicted molar refractivity (Wildman–Crippen MR) is 121 cm³/mol. The third kappa shape index (κ3) is 5.05. The SMILES string of the molecule is Nc1ccc(N(c2ccccc2)c2ccccc2)cc1.Nc1ccc(N)cc1. The first-order chi connectivity index (χ1) is 13.6. The molecule has 0 heterocycles. The summed E-state index contributed by atoms with van der Waals surface area (Å²) >= 11 is 0. The Labute approximate surface area is 165 Å². The molecule has 4 rings (SSSR count). The summed E-state index contributed by atoms with van der Waals surface area (Å²) in [6.45, 7) is 0. The van der Waals surface area contributed by atoms with E-state index in [-0.39, 0.29) is 0 Å². The van der Waals surface area contributed by atoms with Crippen LogP contribution in [-0.4, -0.2) is 0 Å². The van der Waals surface area contributed by atoms with Crippen molar-refractivity contribution in [2.45, 2.75) is 0 Å². The summed E-state index contributed by atoms with van der Waals surface area (Å²) in [6.07, 6.45) is 0. The van der Waals surface area contributed by atoms with Crippen LogP contribution in [0.1, 0.15) is 0 Å². The molecule has 0 bridgehead atoms.